The zero-order valence-corrected chi connectivity index (χ0v) is 22.3. The lowest BCUT2D eigenvalue weighted by Crippen LogP contribution is -2.32. The number of methoxy groups -OCH3 is 1. The normalized spacial score (nSPS) is 15.6. The predicted molar refractivity (Wildman–Crippen MR) is 143 cm³/mol. The van der Waals surface area contributed by atoms with Crippen LogP contribution in [0, 0.1) is 11.3 Å². The maximum atomic E-state index is 13.2. The van der Waals surface area contributed by atoms with Crippen molar-refractivity contribution in [1.82, 2.24) is 5.32 Å². The number of esters is 1. The number of allylic oxidation sites excluding steroid dienone is 2. The highest BCUT2D eigenvalue weighted by molar-refractivity contribution is 8.03. The second-order valence-electron chi connectivity index (χ2n) is 9.04. The van der Waals surface area contributed by atoms with E-state index in [4.69, 9.17) is 21.1 Å². The van der Waals surface area contributed by atoms with Gasteiger partial charge in [-0.1, -0.05) is 47.6 Å². The van der Waals surface area contributed by atoms with E-state index in [1.807, 2.05) is 6.07 Å². The van der Waals surface area contributed by atoms with Crippen LogP contribution < -0.4 is 15.4 Å². The first kappa shape index (κ1) is 27.2. The van der Waals surface area contributed by atoms with E-state index >= 15 is 0 Å². The first-order valence-corrected chi connectivity index (χ1v) is 12.6. The number of thioether (sulfide) groups is 1. The number of anilines is 1. The van der Waals surface area contributed by atoms with E-state index in [0.717, 1.165) is 0 Å². The van der Waals surface area contributed by atoms with Crippen LogP contribution in [0.25, 0.3) is 0 Å². The molecule has 2 aromatic carbocycles. The molecule has 1 amide bonds. The number of nitrogens with one attached hydrogen (secondary N) is 2. The minimum Gasteiger partial charge on any atom is -0.495 e. The van der Waals surface area contributed by atoms with Gasteiger partial charge in [-0.2, -0.15) is 5.26 Å². The molecule has 0 aliphatic carbocycles. The number of ether oxygens (including phenoxy) is 2. The summed E-state index contributed by atoms with van der Waals surface area (Å²) in [7, 11) is 1.53. The van der Waals surface area contributed by atoms with Gasteiger partial charge in [0, 0.05) is 10.7 Å². The lowest BCUT2D eigenvalue weighted by Gasteiger charge is -2.31. The van der Waals surface area contributed by atoms with Gasteiger partial charge in [-0.25, -0.2) is 4.79 Å². The zero-order chi connectivity index (χ0) is 26.5. The average molecular weight is 526 g/mol. The molecule has 0 saturated carbocycles. The quantitative estimate of drug-likeness (QED) is 0.443. The SMILES string of the molecule is COc1ccccc1NC(=O)CSC1=C(C#N)[C@@H](c2ccc(Cl)cc2)C(C(=O)OC(C)(C)C)=C(C)N1. The molecule has 1 atom stereocenters. The first-order chi connectivity index (χ1) is 17.0. The summed E-state index contributed by atoms with van der Waals surface area (Å²) >= 11 is 7.27. The van der Waals surface area contributed by atoms with Gasteiger partial charge in [0.15, 0.2) is 0 Å². The van der Waals surface area contributed by atoms with E-state index in [9.17, 15) is 14.9 Å². The third-order valence-electron chi connectivity index (χ3n) is 5.20. The van der Waals surface area contributed by atoms with Crippen LogP contribution >= 0.6 is 23.4 Å². The van der Waals surface area contributed by atoms with Crippen LogP contribution in [0.2, 0.25) is 5.02 Å². The van der Waals surface area contributed by atoms with Gasteiger partial charge in [-0.3, -0.25) is 4.79 Å². The van der Waals surface area contributed by atoms with Crippen LogP contribution in [0.1, 0.15) is 39.2 Å². The number of nitriles is 1. The van der Waals surface area contributed by atoms with Gasteiger partial charge in [0.1, 0.15) is 11.4 Å². The molecule has 1 heterocycles. The van der Waals surface area contributed by atoms with E-state index in [1.54, 1.807) is 70.2 Å². The maximum Gasteiger partial charge on any atom is 0.337 e. The summed E-state index contributed by atoms with van der Waals surface area (Å²) in [4.78, 5) is 25.9. The Morgan fingerprint density at radius 3 is 2.44 bits per heavy atom. The Balaban J connectivity index is 1.92. The second kappa shape index (κ2) is 11.5. The van der Waals surface area contributed by atoms with Crippen molar-refractivity contribution in [2.24, 2.45) is 0 Å². The van der Waals surface area contributed by atoms with Crippen molar-refractivity contribution in [2.45, 2.75) is 39.2 Å². The molecule has 0 saturated heterocycles. The van der Waals surface area contributed by atoms with Crippen molar-refractivity contribution >= 4 is 40.9 Å². The van der Waals surface area contributed by atoms with Crippen molar-refractivity contribution in [2.75, 3.05) is 18.2 Å². The zero-order valence-electron chi connectivity index (χ0n) is 20.8. The number of dihydropyridines is 1. The number of nitrogens with zero attached hydrogens (tertiary/aromatic N) is 1. The summed E-state index contributed by atoms with van der Waals surface area (Å²) in [5.74, 6) is -0.874. The first-order valence-electron chi connectivity index (χ1n) is 11.2. The van der Waals surface area contributed by atoms with Gasteiger partial charge in [-0.15, -0.1) is 0 Å². The molecule has 2 aromatic rings. The third kappa shape index (κ3) is 6.62. The Morgan fingerprint density at radius 2 is 1.83 bits per heavy atom. The van der Waals surface area contributed by atoms with Crippen LogP contribution in [0.3, 0.4) is 0 Å². The summed E-state index contributed by atoms with van der Waals surface area (Å²) in [6, 6.07) is 16.3. The summed E-state index contributed by atoms with van der Waals surface area (Å²) in [5, 5.41) is 17.2. The number of amides is 1. The fourth-order valence-electron chi connectivity index (χ4n) is 3.69. The van der Waals surface area contributed by atoms with Gasteiger partial charge < -0.3 is 20.1 Å². The molecule has 3 rings (SSSR count). The van der Waals surface area contributed by atoms with Crippen LogP contribution in [0.4, 0.5) is 5.69 Å². The van der Waals surface area contributed by atoms with Gasteiger partial charge in [-0.05, 0) is 57.5 Å². The maximum absolute atomic E-state index is 13.2. The summed E-state index contributed by atoms with van der Waals surface area (Å²) in [6.45, 7) is 7.12. The molecule has 1 aliphatic heterocycles. The molecule has 188 valence electrons. The molecule has 2 N–H and O–H groups in total. The van der Waals surface area contributed by atoms with Crippen LogP contribution in [-0.2, 0) is 14.3 Å². The Hall–Kier alpha value is -3.41. The number of benzene rings is 2. The molecule has 0 unspecified atom stereocenters. The Labute approximate surface area is 220 Å². The molecule has 36 heavy (non-hydrogen) atoms. The summed E-state index contributed by atoms with van der Waals surface area (Å²) in [5.41, 5.74) is 1.77. The number of halogens is 1. The van der Waals surface area contributed by atoms with Crippen molar-refractivity contribution in [3.63, 3.8) is 0 Å². The molecule has 0 bridgehead atoms. The van der Waals surface area contributed by atoms with Crippen molar-refractivity contribution in [3.8, 4) is 11.8 Å². The molecule has 7 nitrogen and oxygen atoms in total. The van der Waals surface area contributed by atoms with E-state index in [0.29, 0.717) is 43.9 Å². The second-order valence-corrected chi connectivity index (χ2v) is 10.5. The highest BCUT2D eigenvalue weighted by Gasteiger charge is 2.37. The molecule has 1 aliphatic rings. The van der Waals surface area contributed by atoms with Crippen molar-refractivity contribution < 1.29 is 19.1 Å². The molecule has 0 spiro atoms. The number of carbonyl (C=O) groups is 2. The Bertz CT molecular complexity index is 1260. The van der Waals surface area contributed by atoms with Gasteiger partial charge in [0.25, 0.3) is 0 Å². The molecular formula is C27H28ClN3O4S. The van der Waals surface area contributed by atoms with E-state index in [2.05, 4.69) is 16.7 Å². The molecule has 0 radical (unpaired) electrons. The monoisotopic (exact) mass is 525 g/mol. The Kier molecular flexibility index (Phi) is 8.72. The number of rotatable bonds is 7. The number of carbonyl (C=O) groups excluding carboxylic acids is 2. The standard InChI is InChI=1S/C27H28ClN3O4S/c1-16-23(26(33)35-27(2,3)4)24(17-10-12-18(28)13-11-17)19(14-29)25(30-16)36-15-22(32)31-20-8-6-7-9-21(20)34-5/h6-13,24,30H,15H2,1-5H3,(H,31,32)/t24-/m1/s1. The largest absolute Gasteiger partial charge is 0.495 e. The van der Waals surface area contributed by atoms with Crippen LogP contribution in [0.5, 0.6) is 5.75 Å². The number of hydrogen-bond donors (Lipinski definition) is 2. The fraction of sp³-hybridized carbons (Fsp3) is 0.296. The summed E-state index contributed by atoms with van der Waals surface area (Å²) < 4.78 is 10.9. The van der Waals surface area contributed by atoms with Gasteiger partial charge in [0.2, 0.25) is 5.91 Å². The summed E-state index contributed by atoms with van der Waals surface area (Å²) in [6.07, 6.45) is 0. The Morgan fingerprint density at radius 1 is 1.17 bits per heavy atom. The average Bonchev–Trinajstić information content (AvgIpc) is 2.82. The fourth-order valence-corrected chi connectivity index (χ4v) is 4.71. The molecule has 0 fully saturated rings. The van der Waals surface area contributed by atoms with Gasteiger partial charge in [0.05, 0.1) is 46.7 Å². The van der Waals surface area contributed by atoms with Gasteiger partial charge >= 0.3 is 5.97 Å². The predicted octanol–water partition coefficient (Wildman–Crippen LogP) is 5.76. The third-order valence-corrected chi connectivity index (χ3v) is 6.47. The minimum absolute atomic E-state index is 0.0357. The van der Waals surface area contributed by atoms with Crippen LogP contribution in [-0.4, -0.2) is 30.3 Å². The number of para-hydroxylation sites is 2. The number of hydrogen-bond acceptors (Lipinski definition) is 7. The lowest BCUT2D eigenvalue weighted by molar-refractivity contribution is -0.150. The van der Waals surface area contributed by atoms with E-state index in [1.165, 1.54) is 18.9 Å². The van der Waals surface area contributed by atoms with E-state index in [-0.39, 0.29) is 11.7 Å². The minimum atomic E-state index is -0.711. The molecule has 0 aromatic heterocycles. The van der Waals surface area contributed by atoms with Crippen molar-refractivity contribution in [1.29, 1.82) is 5.26 Å². The highest BCUT2D eigenvalue weighted by Crippen LogP contribution is 2.41. The molecule has 9 heteroatoms. The topological polar surface area (TPSA) is 100 Å². The lowest BCUT2D eigenvalue weighted by atomic mass is 9.82. The van der Waals surface area contributed by atoms with E-state index < -0.39 is 17.5 Å². The van der Waals surface area contributed by atoms with Crippen molar-refractivity contribution in [3.05, 3.63) is 81.0 Å². The highest BCUT2D eigenvalue weighted by atomic mass is 35.5. The molecular weight excluding hydrogens is 498 g/mol. The van der Waals surface area contributed by atoms with Crippen LogP contribution in [0.15, 0.2) is 70.4 Å². The smallest absolute Gasteiger partial charge is 0.337 e.